The summed E-state index contributed by atoms with van der Waals surface area (Å²) in [7, 11) is 0. The predicted octanol–water partition coefficient (Wildman–Crippen LogP) is 6.74. The van der Waals surface area contributed by atoms with E-state index in [0.29, 0.717) is 29.8 Å². The van der Waals surface area contributed by atoms with Gasteiger partial charge >= 0.3 is 0 Å². The molecule has 3 nitrogen and oxygen atoms in total. The average molecular weight is 448 g/mol. The third-order valence-electron chi connectivity index (χ3n) is 7.94. The Morgan fingerprint density at radius 3 is 2.44 bits per heavy atom. The number of allylic oxidation sites excluding steroid dienone is 2. The van der Waals surface area contributed by atoms with Crippen molar-refractivity contribution in [2.75, 3.05) is 6.54 Å². The summed E-state index contributed by atoms with van der Waals surface area (Å²) < 4.78 is 0. The van der Waals surface area contributed by atoms with Crippen molar-refractivity contribution in [3.8, 4) is 0 Å². The van der Waals surface area contributed by atoms with Crippen LogP contribution in [0.3, 0.4) is 0 Å². The Morgan fingerprint density at radius 2 is 1.78 bits per heavy atom. The summed E-state index contributed by atoms with van der Waals surface area (Å²) in [5, 5.41) is 21.1. The van der Waals surface area contributed by atoms with Crippen LogP contribution in [0.25, 0.3) is 0 Å². The standard InChI is InChI=1S/C29H53NO2/c1-7-8-12-23(6)17-26(31)14-15-27-28-19-24(18-25(28)20-29(27)32)13-10-9-11-16-30(21(2)3)22(4)5/h14-15,18,21-23,25-29,31-32H,7-13,16-17,19-20H2,1-6H3/t23-,25+,26-,27-,28+,29-/m1/s1. The lowest BCUT2D eigenvalue weighted by Gasteiger charge is -2.30. The normalized spacial score (nSPS) is 27.7. The number of nitrogens with zero attached hydrogens (tertiary/aromatic N) is 1. The van der Waals surface area contributed by atoms with E-state index in [9.17, 15) is 10.2 Å². The first-order chi connectivity index (χ1) is 15.2. The van der Waals surface area contributed by atoms with Gasteiger partial charge in [0.15, 0.2) is 0 Å². The van der Waals surface area contributed by atoms with E-state index < -0.39 is 0 Å². The first-order valence-corrected chi connectivity index (χ1v) is 13.7. The fourth-order valence-corrected chi connectivity index (χ4v) is 6.14. The van der Waals surface area contributed by atoms with Gasteiger partial charge in [-0.3, -0.25) is 4.90 Å². The van der Waals surface area contributed by atoms with Crippen molar-refractivity contribution in [2.24, 2.45) is 23.7 Å². The number of aliphatic hydroxyl groups excluding tert-OH is 2. The lowest BCUT2D eigenvalue weighted by molar-refractivity contribution is 0.139. The Bertz CT molecular complexity index is 574. The van der Waals surface area contributed by atoms with Gasteiger partial charge < -0.3 is 10.2 Å². The quantitative estimate of drug-likeness (QED) is 0.216. The fourth-order valence-electron chi connectivity index (χ4n) is 6.14. The number of fused-ring (bicyclic) bond motifs is 1. The Morgan fingerprint density at radius 1 is 1.06 bits per heavy atom. The minimum atomic E-state index is -0.377. The fraction of sp³-hybridized carbons (Fsp3) is 0.862. The largest absolute Gasteiger partial charge is 0.392 e. The van der Waals surface area contributed by atoms with Gasteiger partial charge in [-0.15, -0.1) is 0 Å². The molecule has 186 valence electrons. The van der Waals surface area contributed by atoms with Gasteiger partial charge in [0.05, 0.1) is 12.2 Å². The molecule has 0 unspecified atom stereocenters. The van der Waals surface area contributed by atoms with Crippen LogP contribution in [0, 0.1) is 23.7 Å². The summed E-state index contributed by atoms with van der Waals surface area (Å²) >= 11 is 0. The van der Waals surface area contributed by atoms with E-state index in [-0.39, 0.29) is 18.1 Å². The van der Waals surface area contributed by atoms with Crippen LogP contribution in [0.15, 0.2) is 23.8 Å². The van der Waals surface area contributed by atoms with Crippen molar-refractivity contribution < 1.29 is 10.2 Å². The number of rotatable bonds is 15. The Balaban J connectivity index is 1.73. The van der Waals surface area contributed by atoms with Gasteiger partial charge in [-0.25, -0.2) is 0 Å². The molecule has 32 heavy (non-hydrogen) atoms. The van der Waals surface area contributed by atoms with Crippen molar-refractivity contribution in [3.05, 3.63) is 23.8 Å². The van der Waals surface area contributed by atoms with Crippen LogP contribution in [0.2, 0.25) is 0 Å². The maximum atomic E-state index is 10.6. The zero-order chi connectivity index (χ0) is 23.7. The van der Waals surface area contributed by atoms with Gasteiger partial charge in [0.25, 0.3) is 0 Å². The Hall–Kier alpha value is -0.640. The maximum absolute atomic E-state index is 10.6. The zero-order valence-electron chi connectivity index (χ0n) is 22.0. The van der Waals surface area contributed by atoms with Crippen molar-refractivity contribution in [1.82, 2.24) is 4.90 Å². The van der Waals surface area contributed by atoms with E-state index in [1.807, 2.05) is 6.08 Å². The molecule has 0 aromatic rings. The minimum Gasteiger partial charge on any atom is -0.392 e. The average Bonchev–Trinajstić information content (AvgIpc) is 3.23. The van der Waals surface area contributed by atoms with Crippen LogP contribution < -0.4 is 0 Å². The third-order valence-corrected chi connectivity index (χ3v) is 7.94. The second-order valence-corrected chi connectivity index (χ2v) is 11.4. The number of hydrogen-bond donors (Lipinski definition) is 2. The molecule has 0 amide bonds. The van der Waals surface area contributed by atoms with Gasteiger partial charge in [0.1, 0.15) is 0 Å². The summed E-state index contributed by atoms with van der Waals surface area (Å²) in [5.41, 5.74) is 1.61. The van der Waals surface area contributed by atoms with E-state index in [2.05, 4.69) is 58.6 Å². The number of aliphatic hydroxyl groups is 2. The smallest absolute Gasteiger partial charge is 0.0723 e. The van der Waals surface area contributed by atoms with E-state index in [0.717, 1.165) is 19.3 Å². The number of unbranched alkanes of at least 4 members (excludes halogenated alkanes) is 3. The monoisotopic (exact) mass is 447 g/mol. The van der Waals surface area contributed by atoms with Gasteiger partial charge in [0, 0.05) is 18.0 Å². The summed E-state index contributed by atoms with van der Waals surface area (Å²) in [6.45, 7) is 14.9. The maximum Gasteiger partial charge on any atom is 0.0723 e. The highest BCUT2D eigenvalue weighted by atomic mass is 16.3. The molecule has 6 atom stereocenters. The second-order valence-electron chi connectivity index (χ2n) is 11.4. The highest BCUT2D eigenvalue weighted by molar-refractivity contribution is 5.21. The van der Waals surface area contributed by atoms with Crippen LogP contribution in [-0.2, 0) is 0 Å². The van der Waals surface area contributed by atoms with Gasteiger partial charge in [-0.05, 0) is 90.5 Å². The van der Waals surface area contributed by atoms with Crippen LogP contribution in [0.5, 0.6) is 0 Å². The first-order valence-electron chi connectivity index (χ1n) is 13.7. The molecule has 2 rings (SSSR count). The third kappa shape index (κ3) is 8.61. The van der Waals surface area contributed by atoms with Gasteiger partial charge in [0.2, 0.25) is 0 Å². The van der Waals surface area contributed by atoms with E-state index in [4.69, 9.17) is 0 Å². The molecule has 0 aromatic heterocycles. The van der Waals surface area contributed by atoms with E-state index >= 15 is 0 Å². The van der Waals surface area contributed by atoms with Crippen molar-refractivity contribution in [3.63, 3.8) is 0 Å². The molecule has 0 aromatic carbocycles. The molecule has 0 radical (unpaired) electrons. The predicted molar refractivity (Wildman–Crippen MR) is 138 cm³/mol. The highest BCUT2D eigenvalue weighted by Crippen LogP contribution is 2.48. The van der Waals surface area contributed by atoms with Gasteiger partial charge in [-0.2, -0.15) is 0 Å². The molecule has 0 bridgehead atoms. The highest BCUT2D eigenvalue weighted by Gasteiger charge is 2.43. The van der Waals surface area contributed by atoms with Crippen molar-refractivity contribution >= 4 is 0 Å². The molecule has 0 aliphatic heterocycles. The van der Waals surface area contributed by atoms with Gasteiger partial charge in [-0.1, -0.05) is 63.3 Å². The molecule has 0 saturated heterocycles. The molecule has 1 saturated carbocycles. The zero-order valence-corrected chi connectivity index (χ0v) is 22.0. The molecule has 3 heteroatoms. The van der Waals surface area contributed by atoms with Crippen LogP contribution in [-0.4, -0.2) is 45.9 Å². The van der Waals surface area contributed by atoms with Crippen molar-refractivity contribution in [1.29, 1.82) is 0 Å². The number of hydrogen-bond acceptors (Lipinski definition) is 3. The van der Waals surface area contributed by atoms with Crippen LogP contribution in [0.4, 0.5) is 0 Å². The Labute approximate surface area is 199 Å². The van der Waals surface area contributed by atoms with E-state index in [1.54, 1.807) is 5.57 Å². The van der Waals surface area contributed by atoms with Crippen LogP contribution >= 0.6 is 0 Å². The molecule has 2 N–H and O–H groups in total. The summed E-state index contributed by atoms with van der Waals surface area (Å²) in [4.78, 5) is 2.59. The SMILES string of the molecule is CCCC[C@@H](C)C[C@H](O)C=C[C@@H]1[C@H]2CC(CCCCCN(C(C)C)C(C)C)=C[C@H]2C[C@H]1O. The molecular weight excluding hydrogens is 394 g/mol. The summed E-state index contributed by atoms with van der Waals surface area (Å²) in [5.74, 6) is 1.84. The first kappa shape index (κ1) is 27.6. The topological polar surface area (TPSA) is 43.7 Å². The molecule has 2 aliphatic rings. The van der Waals surface area contributed by atoms with Crippen molar-refractivity contribution in [2.45, 2.75) is 130 Å². The lowest BCUT2D eigenvalue weighted by atomic mass is 9.88. The minimum absolute atomic E-state index is 0.208. The molecule has 2 aliphatic carbocycles. The second kappa shape index (κ2) is 13.9. The van der Waals surface area contributed by atoms with E-state index in [1.165, 1.54) is 51.5 Å². The molecule has 0 spiro atoms. The molecular formula is C29H53NO2. The lowest BCUT2D eigenvalue weighted by Crippen LogP contribution is -2.37. The summed E-state index contributed by atoms with van der Waals surface area (Å²) in [6, 6.07) is 1.25. The van der Waals surface area contributed by atoms with Crippen LogP contribution in [0.1, 0.15) is 106 Å². The molecule has 0 heterocycles. The molecule has 1 fully saturated rings. The Kier molecular flexibility index (Phi) is 12.0. The summed E-state index contributed by atoms with van der Waals surface area (Å²) in [6.07, 6.45) is 17.6.